The second-order valence-electron chi connectivity index (χ2n) is 11.1. The summed E-state index contributed by atoms with van der Waals surface area (Å²) in [6.45, 7) is 2.60. The van der Waals surface area contributed by atoms with E-state index in [0.29, 0.717) is 49.6 Å². The Labute approximate surface area is 234 Å². The van der Waals surface area contributed by atoms with Crippen molar-refractivity contribution in [2.75, 3.05) is 37.6 Å². The lowest BCUT2D eigenvalue weighted by atomic mass is 9.83. The van der Waals surface area contributed by atoms with Crippen LogP contribution in [0.3, 0.4) is 0 Å². The Morgan fingerprint density at radius 3 is 2.23 bits per heavy atom. The third-order valence-electron chi connectivity index (χ3n) is 8.74. The van der Waals surface area contributed by atoms with Crippen LogP contribution in [0.4, 0.5) is 10.1 Å². The summed E-state index contributed by atoms with van der Waals surface area (Å²) >= 11 is 0. The van der Waals surface area contributed by atoms with E-state index in [-0.39, 0.29) is 36.0 Å². The minimum absolute atomic E-state index is 0.106. The summed E-state index contributed by atoms with van der Waals surface area (Å²) in [5.41, 5.74) is 3.59. The van der Waals surface area contributed by atoms with Crippen LogP contribution in [0.1, 0.15) is 63.4 Å². The summed E-state index contributed by atoms with van der Waals surface area (Å²) in [5.74, 6) is -0.416. The number of carbonyl (C=O) groups excluding carboxylic acids is 3. The van der Waals surface area contributed by atoms with Gasteiger partial charge in [0.25, 0.3) is 11.8 Å². The van der Waals surface area contributed by atoms with Crippen molar-refractivity contribution in [2.45, 2.75) is 38.0 Å². The van der Waals surface area contributed by atoms with Crippen molar-refractivity contribution in [1.29, 1.82) is 0 Å². The number of hydrogen-bond acceptors (Lipinski definition) is 4. The lowest BCUT2D eigenvalue weighted by Gasteiger charge is -2.39. The van der Waals surface area contributed by atoms with Gasteiger partial charge in [0.1, 0.15) is 5.82 Å². The molecule has 3 aromatic carbocycles. The standard InChI is InChI=1S/C33H34FN3O3/c34-26-15-13-23(14-16-26)17-18-37-31(38)27-11-6-12-28(30(27)33(37)40)35-19-21-36(22-20-35)32(39)29(25-9-4-5-10-25)24-7-2-1-3-8-24/h1-3,6-8,11-16,25,29H,4-5,9-10,17-22H2. The van der Waals surface area contributed by atoms with Crippen LogP contribution in [-0.2, 0) is 11.2 Å². The van der Waals surface area contributed by atoms with Gasteiger partial charge in [0, 0.05) is 32.7 Å². The van der Waals surface area contributed by atoms with E-state index in [0.717, 1.165) is 29.7 Å². The van der Waals surface area contributed by atoms with Crippen molar-refractivity contribution in [3.05, 3.63) is 101 Å². The molecule has 6 rings (SSSR count). The first-order chi connectivity index (χ1) is 19.5. The average Bonchev–Trinajstić information content (AvgIpc) is 3.60. The molecule has 3 aliphatic rings. The van der Waals surface area contributed by atoms with E-state index in [4.69, 9.17) is 0 Å². The molecule has 3 aromatic rings. The van der Waals surface area contributed by atoms with Gasteiger partial charge in [0.05, 0.1) is 22.7 Å². The second-order valence-corrected chi connectivity index (χ2v) is 11.1. The van der Waals surface area contributed by atoms with Crippen LogP contribution < -0.4 is 4.90 Å². The van der Waals surface area contributed by atoms with E-state index in [1.807, 2.05) is 35.2 Å². The van der Waals surface area contributed by atoms with Gasteiger partial charge in [-0.3, -0.25) is 19.3 Å². The maximum absolute atomic E-state index is 13.8. The van der Waals surface area contributed by atoms with Crippen LogP contribution in [0.5, 0.6) is 0 Å². The summed E-state index contributed by atoms with van der Waals surface area (Å²) in [5, 5.41) is 0. The van der Waals surface area contributed by atoms with Gasteiger partial charge < -0.3 is 9.80 Å². The molecule has 1 saturated heterocycles. The maximum Gasteiger partial charge on any atom is 0.263 e. The first-order valence-corrected chi connectivity index (χ1v) is 14.3. The van der Waals surface area contributed by atoms with Crippen LogP contribution in [0.25, 0.3) is 0 Å². The predicted molar refractivity (Wildman–Crippen MR) is 152 cm³/mol. The normalized spacial score (nSPS) is 18.4. The van der Waals surface area contributed by atoms with Crippen molar-refractivity contribution in [1.82, 2.24) is 9.80 Å². The van der Waals surface area contributed by atoms with Crippen molar-refractivity contribution in [2.24, 2.45) is 5.92 Å². The van der Waals surface area contributed by atoms with Gasteiger partial charge in [0.15, 0.2) is 0 Å². The van der Waals surface area contributed by atoms with E-state index in [9.17, 15) is 18.8 Å². The molecule has 7 heteroatoms. The summed E-state index contributed by atoms with van der Waals surface area (Å²) in [6.07, 6.45) is 5.01. The monoisotopic (exact) mass is 539 g/mol. The Kier molecular flexibility index (Phi) is 7.37. The molecule has 3 amide bonds. The highest BCUT2D eigenvalue weighted by Crippen LogP contribution is 2.39. The van der Waals surface area contributed by atoms with E-state index < -0.39 is 0 Å². The molecule has 1 atom stereocenters. The predicted octanol–water partition coefficient (Wildman–Crippen LogP) is 5.29. The average molecular weight is 540 g/mol. The van der Waals surface area contributed by atoms with Crippen LogP contribution >= 0.6 is 0 Å². The molecule has 40 heavy (non-hydrogen) atoms. The largest absolute Gasteiger partial charge is 0.367 e. The molecule has 2 aliphatic heterocycles. The van der Waals surface area contributed by atoms with Crippen molar-refractivity contribution < 1.29 is 18.8 Å². The number of imide groups is 1. The van der Waals surface area contributed by atoms with E-state index >= 15 is 0 Å². The number of halogens is 1. The molecule has 0 bridgehead atoms. The fraction of sp³-hybridized carbons (Fsp3) is 0.364. The number of fused-ring (bicyclic) bond motifs is 1. The molecule has 1 saturated carbocycles. The van der Waals surface area contributed by atoms with Crippen molar-refractivity contribution in [3.8, 4) is 0 Å². The lowest BCUT2D eigenvalue weighted by molar-refractivity contribution is -0.134. The molecular formula is C33H34FN3O3. The van der Waals surface area contributed by atoms with Gasteiger partial charge in [-0.25, -0.2) is 4.39 Å². The molecule has 0 aromatic heterocycles. The van der Waals surface area contributed by atoms with Crippen LogP contribution in [0.15, 0.2) is 72.8 Å². The van der Waals surface area contributed by atoms with Gasteiger partial charge in [-0.2, -0.15) is 0 Å². The van der Waals surface area contributed by atoms with Crippen molar-refractivity contribution >= 4 is 23.4 Å². The van der Waals surface area contributed by atoms with Crippen molar-refractivity contribution in [3.63, 3.8) is 0 Å². The highest BCUT2D eigenvalue weighted by atomic mass is 19.1. The Morgan fingerprint density at radius 1 is 0.825 bits per heavy atom. The fourth-order valence-corrected chi connectivity index (χ4v) is 6.61. The number of benzene rings is 3. The number of carbonyl (C=O) groups is 3. The number of amides is 3. The molecule has 2 fully saturated rings. The number of rotatable bonds is 7. The molecule has 206 valence electrons. The number of piperazine rings is 1. The highest BCUT2D eigenvalue weighted by molar-refractivity contribution is 6.23. The van der Waals surface area contributed by atoms with Crippen LogP contribution in [-0.4, -0.2) is 60.2 Å². The number of hydrogen-bond donors (Lipinski definition) is 0. The molecule has 0 N–H and O–H groups in total. The molecular weight excluding hydrogens is 505 g/mol. The maximum atomic E-state index is 13.8. The number of anilines is 1. The highest BCUT2D eigenvalue weighted by Gasteiger charge is 2.40. The van der Waals surface area contributed by atoms with Gasteiger partial charge in [-0.1, -0.05) is 61.4 Å². The summed E-state index contributed by atoms with van der Waals surface area (Å²) < 4.78 is 13.3. The van der Waals surface area contributed by atoms with Gasteiger partial charge >= 0.3 is 0 Å². The zero-order valence-electron chi connectivity index (χ0n) is 22.6. The Bertz CT molecular complexity index is 1390. The third kappa shape index (κ3) is 5.01. The summed E-state index contributed by atoms with van der Waals surface area (Å²) in [4.78, 5) is 45.9. The topological polar surface area (TPSA) is 60.9 Å². The molecule has 1 unspecified atom stereocenters. The second kappa shape index (κ2) is 11.2. The first-order valence-electron chi connectivity index (χ1n) is 14.3. The summed E-state index contributed by atoms with van der Waals surface area (Å²) in [7, 11) is 0. The Hall–Kier alpha value is -4.00. The minimum Gasteiger partial charge on any atom is -0.367 e. The van der Waals surface area contributed by atoms with Crippen LogP contribution in [0.2, 0.25) is 0 Å². The summed E-state index contributed by atoms with van der Waals surface area (Å²) in [6, 6.07) is 21.7. The smallest absolute Gasteiger partial charge is 0.263 e. The molecule has 1 aliphatic carbocycles. The van der Waals surface area contributed by atoms with E-state index in [1.54, 1.807) is 18.2 Å². The Morgan fingerprint density at radius 2 is 1.52 bits per heavy atom. The van der Waals surface area contributed by atoms with Gasteiger partial charge in [-0.15, -0.1) is 0 Å². The zero-order chi connectivity index (χ0) is 27.6. The molecule has 0 spiro atoms. The van der Waals surface area contributed by atoms with Crippen LogP contribution in [0, 0.1) is 11.7 Å². The quantitative estimate of drug-likeness (QED) is 0.383. The van der Waals surface area contributed by atoms with E-state index in [1.165, 1.54) is 29.9 Å². The minimum atomic E-state index is -0.315. The van der Waals surface area contributed by atoms with Gasteiger partial charge in [0.2, 0.25) is 5.91 Å². The zero-order valence-corrected chi connectivity index (χ0v) is 22.6. The molecule has 0 radical (unpaired) electrons. The SMILES string of the molecule is O=C(C(c1ccccc1)C1CCCC1)N1CCN(c2cccc3c2C(=O)N(CCc2ccc(F)cc2)C3=O)CC1. The molecule has 2 heterocycles. The third-order valence-corrected chi connectivity index (χ3v) is 8.74. The fourth-order valence-electron chi connectivity index (χ4n) is 6.61. The lowest BCUT2D eigenvalue weighted by Crippen LogP contribution is -2.51. The Balaban J connectivity index is 1.15. The van der Waals surface area contributed by atoms with E-state index in [2.05, 4.69) is 17.0 Å². The van der Waals surface area contributed by atoms with Gasteiger partial charge in [-0.05, 0) is 60.6 Å². The first kappa shape index (κ1) is 26.2. The number of nitrogens with zero attached hydrogens (tertiary/aromatic N) is 3. The molecule has 6 nitrogen and oxygen atoms in total.